The van der Waals surface area contributed by atoms with Gasteiger partial charge < -0.3 is 0 Å². The van der Waals surface area contributed by atoms with Crippen molar-refractivity contribution in [2.24, 2.45) is 0 Å². The topological polar surface area (TPSA) is 66.1 Å². The van der Waals surface area contributed by atoms with Gasteiger partial charge in [0, 0.05) is 19.0 Å². The highest BCUT2D eigenvalue weighted by molar-refractivity contribution is 7.89. The van der Waals surface area contributed by atoms with Crippen LogP contribution in [0.5, 0.6) is 0 Å². The molecule has 1 N–H and O–H groups in total. The van der Waals surface area contributed by atoms with Crippen LogP contribution in [0.3, 0.4) is 0 Å². The number of hydrogen-bond acceptors (Lipinski definition) is 4. The molecule has 0 saturated heterocycles. The highest BCUT2D eigenvalue weighted by Gasteiger charge is 2.33. The van der Waals surface area contributed by atoms with Crippen LogP contribution in [0, 0.1) is 6.92 Å². The number of hydrogen-bond donors (Lipinski definition) is 1. The number of halogens is 3. The van der Waals surface area contributed by atoms with Gasteiger partial charge in [0.15, 0.2) is 0 Å². The predicted molar refractivity (Wildman–Crippen MR) is 72.5 cm³/mol. The third kappa shape index (κ3) is 2.97. The number of thiophene rings is 1. The fourth-order valence-electron chi connectivity index (χ4n) is 1.64. The molecule has 0 spiro atoms. The minimum Gasteiger partial charge on any atom is -0.273 e. The predicted octanol–water partition coefficient (Wildman–Crippen LogP) is 2.72. The zero-order chi connectivity index (χ0) is 16.0. The molecular formula is C11H12F3N3O2S2. The summed E-state index contributed by atoms with van der Waals surface area (Å²) in [6, 6.07) is 2.20. The summed E-state index contributed by atoms with van der Waals surface area (Å²) in [6.07, 6.45) is -4.52. The summed E-state index contributed by atoms with van der Waals surface area (Å²) in [5.41, 5.74) is -0.906. The van der Waals surface area contributed by atoms with Crippen molar-refractivity contribution < 1.29 is 21.6 Å². The number of aryl methyl sites for hydroxylation is 1. The molecule has 0 saturated carbocycles. The lowest BCUT2D eigenvalue weighted by atomic mass is 10.3. The van der Waals surface area contributed by atoms with Crippen LogP contribution in [0.4, 0.5) is 13.2 Å². The Balaban J connectivity index is 2.47. The maximum absolute atomic E-state index is 12.5. The van der Waals surface area contributed by atoms with Gasteiger partial charge in [-0.05, 0) is 19.1 Å². The van der Waals surface area contributed by atoms with Gasteiger partial charge in [0.25, 0.3) is 0 Å². The van der Waals surface area contributed by atoms with Crippen molar-refractivity contribution in [1.29, 1.82) is 0 Å². The third-order valence-corrected chi connectivity index (χ3v) is 5.91. The summed E-state index contributed by atoms with van der Waals surface area (Å²) in [5, 5.41) is 5.50. The molecule has 2 heterocycles. The van der Waals surface area contributed by atoms with E-state index in [0.717, 1.165) is 21.7 Å². The molecule has 0 aromatic carbocycles. The highest BCUT2D eigenvalue weighted by atomic mass is 32.2. The van der Waals surface area contributed by atoms with Gasteiger partial charge in [-0.25, -0.2) is 12.7 Å². The second-order valence-electron chi connectivity index (χ2n) is 4.48. The van der Waals surface area contributed by atoms with Crippen LogP contribution < -0.4 is 0 Å². The van der Waals surface area contributed by atoms with Crippen molar-refractivity contribution in [3.8, 4) is 10.6 Å². The lowest BCUT2D eigenvalue weighted by Crippen LogP contribution is -2.22. The van der Waals surface area contributed by atoms with E-state index in [1.807, 2.05) is 5.10 Å². The Morgan fingerprint density at radius 1 is 1.29 bits per heavy atom. The number of nitrogens with one attached hydrogen (secondary N) is 1. The van der Waals surface area contributed by atoms with Gasteiger partial charge >= 0.3 is 6.18 Å². The number of rotatable bonds is 3. The average Bonchev–Trinajstić information content (AvgIpc) is 2.93. The number of nitrogens with zero attached hydrogens (tertiary/aromatic N) is 2. The maximum Gasteiger partial charge on any atom is 0.432 e. The Bertz CT molecular complexity index is 760. The monoisotopic (exact) mass is 339 g/mol. The molecule has 2 aromatic rings. The number of alkyl halides is 3. The van der Waals surface area contributed by atoms with E-state index in [1.54, 1.807) is 6.92 Å². The first-order valence-electron chi connectivity index (χ1n) is 5.69. The van der Waals surface area contributed by atoms with Crippen molar-refractivity contribution in [2.45, 2.75) is 18.0 Å². The van der Waals surface area contributed by atoms with Gasteiger partial charge in [-0.15, -0.1) is 11.3 Å². The van der Waals surface area contributed by atoms with Crippen LogP contribution in [-0.4, -0.2) is 37.0 Å². The molecule has 5 nitrogen and oxygen atoms in total. The molecule has 0 fully saturated rings. The summed E-state index contributed by atoms with van der Waals surface area (Å²) in [6.45, 7) is 1.60. The van der Waals surface area contributed by atoms with Crippen molar-refractivity contribution in [2.75, 3.05) is 14.1 Å². The molecule has 0 aliphatic rings. The number of sulfonamides is 1. The van der Waals surface area contributed by atoms with E-state index in [-0.39, 0.29) is 10.6 Å². The Kier molecular flexibility index (Phi) is 3.89. The highest BCUT2D eigenvalue weighted by Crippen LogP contribution is 2.36. The number of aromatic nitrogens is 2. The maximum atomic E-state index is 12.5. The van der Waals surface area contributed by atoms with Crippen molar-refractivity contribution in [1.82, 2.24) is 14.5 Å². The van der Waals surface area contributed by atoms with Crippen molar-refractivity contribution in [3.63, 3.8) is 0 Å². The van der Waals surface area contributed by atoms with Crippen LogP contribution in [0.25, 0.3) is 10.6 Å². The second kappa shape index (κ2) is 5.11. The number of H-pyrrole nitrogens is 1. The summed E-state index contributed by atoms with van der Waals surface area (Å²) in [4.78, 5) is 0.930. The molecule has 0 aliphatic carbocycles. The van der Waals surface area contributed by atoms with Gasteiger partial charge in [-0.3, -0.25) is 5.10 Å². The molecule has 0 unspecified atom stereocenters. The molecule has 2 rings (SSSR count). The quantitative estimate of drug-likeness (QED) is 0.935. The molecule has 0 radical (unpaired) electrons. The Labute approximate surface area is 123 Å². The fourth-order valence-corrected chi connectivity index (χ4v) is 4.05. The molecule has 2 aromatic heterocycles. The van der Waals surface area contributed by atoms with E-state index in [9.17, 15) is 21.6 Å². The molecule has 21 heavy (non-hydrogen) atoms. The Hall–Kier alpha value is -1.39. The molecule has 10 heteroatoms. The second-order valence-corrected chi connectivity index (χ2v) is 7.86. The zero-order valence-corrected chi connectivity index (χ0v) is 12.9. The summed E-state index contributed by atoms with van der Waals surface area (Å²) >= 11 is 1.08. The van der Waals surface area contributed by atoms with Crippen LogP contribution in [0.15, 0.2) is 17.0 Å². The Morgan fingerprint density at radius 2 is 1.90 bits per heavy atom. The van der Waals surface area contributed by atoms with Gasteiger partial charge in [0.1, 0.15) is 11.4 Å². The first-order chi connectivity index (χ1) is 9.53. The standard InChI is InChI=1S/C11H12F3N3O2S2/c1-6-9(21(18,19)17(2)3)5-8(20-6)7-4-10(16-15-7)11(12,13)14/h4-5H,1-3H3,(H,15,16). The zero-order valence-electron chi connectivity index (χ0n) is 11.3. The third-order valence-electron chi connectivity index (χ3n) is 2.77. The fraction of sp³-hybridized carbons (Fsp3) is 0.364. The Morgan fingerprint density at radius 3 is 2.38 bits per heavy atom. The normalized spacial score (nSPS) is 13.1. The van der Waals surface area contributed by atoms with E-state index in [2.05, 4.69) is 5.10 Å². The minimum atomic E-state index is -4.52. The van der Waals surface area contributed by atoms with Gasteiger partial charge in [0.2, 0.25) is 10.0 Å². The molecule has 0 bridgehead atoms. The van der Waals surface area contributed by atoms with Gasteiger partial charge in [-0.2, -0.15) is 18.3 Å². The SMILES string of the molecule is Cc1sc(-c2cc(C(F)(F)F)[nH]n2)cc1S(=O)(=O)N(C)C. The molecule has 0 aliphatic heterocycles. The summed E-state index contributed by atoms with van der Waals surface area (Å²) in [7, 11) is -0.850. The van der Waals surface area contributed by atoms with Crippen LogP contribution in [-0.2, 0) is 16.2 Å². The minimum absolute atomic E-state index is 0.0654. The lowest BCUT2D eigenvalue weighted by Gasteiger charge is -2.10. The lowest BCUT2D eigenvalue weighted by molar-refractivity contribution is -0.141. The largest absolute Gasteiger partial charge is 0.432 e. The average molecular weight is 339 g/mol. The van der Waals surface area contributed by atoms with E-state index < -0.39 is 21.9 Å². The van der Waals surface area contributed by atoms with Crippen molar-refractivity contribution >= 4 is 21.4 Å². The molecule has 0 amide bonds. The van der Waals surface area contributed by atoms with Crippen LogP contribution >= 0.6 is 11.3 Å². The first-order valence-corrected chi connectivity index (χ1v) is 7.95. The smallest absolute Gasteiger partial charge is 0.273 e. The van der Waals surface area contributed by atoms with Crippen LogP contribution in [0.2, 0.25) is 0 Å². The van der Waals surface area contributed by atoms with Gasteiger partial charge in [0.05, 0.1) is 9.77 Å². The van der Waals surface area contributed by atoms with E-state index in [0.29, 0.717) is 9.75 Å². The van der Waals surface area contributed by atoms with Crippen molar-refractivity contribution in [3.05, 3.63) is 22.7 Å². The number of aromatic amines is 1. The molecule has 0 atom stereocenters. The first kappa shape index (κ1) is 16.0. The molecular weight excluding hydrogens is 327 g/mol. The summed E-state index contributed by atoms with van der Waals surface area (Å²) in [5.74, 6) is 0. The van der Waals surface area contributed by atoms with E-state index >= 15 is 0 Å². The van der Waals surface area contributed by atoms with Crippen LogP contribution in [0.1, 0.15) is 10.6 Å². The van der Waals surface area contributed by atoms with Gasteiger partial charge in [-0.1, -0.05) is 0 Å². The van der Waals surface area contributed by atoms with E-state index in [4.69, 9.17) is 0 Å². The summed E-state index contributed by atoms with van der Waals surface area (Å²) < 4.78 is 62.8. The molecule has 116 valence electrons. The van der Waals surface area contributed by atoms with E-state index in [1.165, 1.54) is 20.2 Å².